The quantitative estimate of drug-likeness (QED) is 0.843. The van der Waals surface area contributed by atoms with E-state index >= 15 is 0 Å². The average molecular weight is 338 g/mol. The van der Waals surface area contributed by atoms with Crippen molar-refractivity contribution >= 4 is 5.91 Å². The van der Waals surface area contributed by atoms with E-state index in [9.17, 15) is 4.79 Å². The topological polar surface area (TPSA) is 52.8 Å². The van der Waals surface area contributed by atoms with Gasteiger partial charge in [0.25, 0.3) is 5.91 Å². The number of hydrogen-bond donors (Lipinski definition) is 0. The molecule has 0 radical (unpaired) electrons. The van der Waals surface area contributed by atoms with Crippen LogP contribution in [0.4, 0.5) is 0 Å². The molecular formula is C20H22N2O3. The Labute approximate surface area is 146 Å². The van der Waals surface area contributed by atoms with Gasteiger partial charge in [-0.15, -0.1) is 0 Å². The SMILES string of the molecule is Cc1ccn(C(=O)c2cccc3c2OCO3)c(=NC2CCCCC2)c1. The van der Waals surface area contributed by atoms with Crippen molar-refractivity contribution in [2.24, 2.45) is 4.99 Å². The largest absolute Gasteiger partial charge is 0.454 e. The van der Waals surface area contributed by atoms with Crippen LogP contribution in [0.2, 0.25) is 0 Å². The van der Waals surface area contributed by atoms with E-state index in [1.807, 2.05) is 31.2 Å². The van der Waals surface area contributed by atoms with Crippen LogP contribution in [0.3, 0.4) is 0 Å². The number of ether oxygens (including phenoxy) is 2. The first-order valence-corrected chi connectivity index (χ1v) is 8.89. The summed E-state index contributed by atoms with van der Waals surface area (Å²) in [6.07, 6.45) is 7.71. The van der Waals surface area contributed by atoms with E-state index in [2.05, 4.69) is 0 Å². The summed E-state index contributed by atoms with van der Waals surface area (Å²) in [6, 6.07) is 9.61. The number of aryl methyl sites for hydroxylation is 1. The molecule has 0 spiro atoms. The Morgan fingerprint density at radius 2 is 2.00 bits per heavy atom. The summed E-state index contributed by atoms with van der Waals surface area (Å²) in [6.45, 7) is 2.17. The fourth-order valence-corrected chi connectivity index (χ4v) is 3.49. The van der Waals surface area contributed by atoms with E-state index in [0.29, 0.717) is 28.6 Å². The van der Waals surface area contributed by atoms with Gasteiger partial charge >= 0.3 is 0 Å². The lowest BCUT2D eigenvalue weighted by Gasteiger charge is -2.18. The second-order valence-electron chi connectivity index (χ2n) is 6.70. The molecule has 0 unspecified atom stereocenters. The van der Waals surface area contributed by atoms with Crippen molar-refractivity contribution in [1.82, 2.24) is 4.57 Å². The lowest BCUT2D eigenvalue weighted by molar-refractivity contribution is 0.0949. The Hall–Kier alpha value is -2.56. The van der Waals surface area contributed by atoms with Crippen molar-refractivity contribution < 1.29 is 14.3 Å². The molecule has 1 aromatic heterocycles. The summed E-state index contributed by atoms with van der Waals surface area (Å²) < 4.78 is 12.5. The van der Waals surface area contributed by atoms with E-state index in [-0.39, 0.29) is 12.7 Å². The van der Waals surface area contributed by atoms with E-state index in [0.717, 1.165) is 18.4 Å². The molecule has 1 aliphatic heterocycles. The van der Waals surface area contributed by atoms with E-state index in [4.69, 9.17) is 14.5 Å². The molecule has 1 aromatic carbocycles. The zero-order valence-corrected chi connectivity index (χ0v) is 14.4. The van der Waals surface area contributed by atoms with Crippen LogP contribution in [0, 0.1) is 6.92 Å². The van der Waals surface area contributed by atoms with Crippen LogP contribution >= 0.6 is 0 Å². The zero-order valence-electron chi connectivity index (χ0n) is 14.4. The maximum Gasteiger partial charge on any atom is 0.267 e. The van der Waals surface area contributed by atoms with Gasteiger partial charge in [-0.25, -0.2) is 0 Å². The summed E-state index contributed by atoms with van der Waals surface area (Å²) in [5.74, 6) is 0.991. The van der Waals surface area contributed by atoms with Crippen LogP contribution < -0.4 is 15.0 Å². The minimum atomic E-state index is -0.142. The van der Waals surface area contributed by atoms with Gasteiger partial charge in [0.05, 0.1) is 11.6 Å². The minimum absolute atomic E-state index is 0.142. The number of hydrogen-bond acceptors (Lipinski definition) is 4. The molecule has 0 N–H and O–H groups in total. The van der Waals surface area contributed by atoms with E-state index in [1.54, 1.807) is 16.8 Å². The third kappa shape index (κ3) is 3.18. The molecule has 5 heteroatoms. The number of pyridine rings is 1. The molecule has 2 heterocycles. The fourth-order valence-electron chi connectivity index (χ4n) is 3.49. The first-order valence-electron chi connectivity index (χ1n) is 8.89. The summed E-state index contributed by atoms with van der Waals surface area (Å²) in [5.41, 5.74) is 2.31. The Kier molecular flexibility index (Phi) is 4.30. The standard InChI is InChI=1S/C20H22N2O3/c1-14-10-11-22(18(12-14)21-15-6-3-2-4-7-15)20(23)16-8-5-9-17-19(16)25-13-24-17/h5,8-12,15H,2-4,6-7,13H2,1H3. The van der Waals surface area contributed by atoms with E-state index < -0.39 is 0 Å². The zero-order chi connectivity index (χ0) is 17.2. The second-order valence-corrected chi connectivity index (χ2v) is 6.70. The van der Waals surface area contributed by atoms with Crippen molar-refractivity contribution in [3.8, 4) is 11.5 Å². The smallest absolute Gasteiger partial charge is 0.267 e. The number of fused-ring (bicyclic) bond motifs is 1. The van der Waals surface area contributed by atoms with Crippen molar-refractivity contribution in [3.63, 3.8) is 0 Å². The lowest BCUT2D eigenvalue weighted by atomic mass is 9.96. The Morgan fingerprint density at radius 3 is 2.84 bits per heavy atom. The van der Waals surface area contributed by atoms with Crippen LogP contribution in [0.15, 0.2) is 41.5 Å². The molecule has 130 valence electrons. The van der Waals surface area contributed by atoms with Gasteiger partial charge < -0.3 is 9.47 Å². The third-order valence-corrected chi connectivity index (χ3v) is 4.83. The first kappa shape index (κ1) is 15.9. The van der Waals surface area contributed by atoms with Crippen LogP contribution in [0.1, 0.15) is 48.0 Å². The highest BCUT2D eigenvalue weighted by molar-refractivity contribution is 5.99. The summed E-state index contributed by atoms with van der Waals surface area (Å²) in [4.78, 5) is 18.0. The van der Waals surface area contributed by atoms with Crippen molar-refractivity contribution in [2.75, 3.05) is 6.79 Å². The van der Waals surface area contributed by atoms with Gasteiger partial charge in [-0.1, -0.05) is 25.3 Å². The Bertz CT molecular complexity index is 863. The molecular weight excluding hydrogens is 316 g/mol. The number of aromatic nitrogens is 1. The van der Waals surface area contributed by atoms with Gasteiger partial charge in [0.1, 0.15) is 5.49 Å². The Balaban J connectivity index is 1.76. The number of benzene rings is 1. The van der Waals surface area contributed by atoms with Gasteiger partial charge in [0.15, 0.2) is 11.5 Å². The van der Waals surface area contributed by atoms with Crippen LogP contribution in [-0.4, -0.2) is 23.3 Å². The molecule has 1 fully saturated rings. The fraction of sp³-hybridized carbons (Fsp3) is 0.400. The van der Waals surface area contributed by atoms with Gasteiger partial charge in [-0.3, -0.25) is 14.4 Å². The second kappa shape index (κ2) is 6.75. The first-order chi connectivity index (χ1) is 12.2. The normalized spacial score (nSPS) is 17.7. The maximum absolute atomic E-state index is 13.1. The van der Waals surface area contributed by atoms with E-state index in [1.165, 1.54) is 19.3 Å². The number of para-hydroxylation sites is 1. The monoisotopic (exact) mass is 338 g/mol. The molecule has 1 aliphatic carbocycles. The van der Waals surface area contributed by atoms with Crippen LogP contribution in [-0.2, 0) is 0 Å². The molecule has 0 atom stereocenters. The summed E-state index contributed by atoms with van der Waals surface area (Å²) in [7, 11) is 0. The maximum atomic E-state index is 13.1. The number of rotatable bonds is 2. The minimum Gasteiger partial charge on any atom is -0.454 e. The third-order valence-electron chi connectivity index (χ3n) is 4.83. The van der Waals surface area contributed by atoms with Gasteiger partial charge in [0.2, 0.25) is 6.79 Å². The molecule has 0 saturated heterocycles. The van der Waals surface area contributed by atoms with Crippen molar-refractivity contribution in [2.45, 2.75) is 45.1 Å². The average Bonchev–Trinajstić information content (AvgIpc) is 3.11. The highest BCUT2D eigenvalue weighted by Crippen LogP contribution is 2.35. The lowest BCUT2D eigenvalue weighted by Crippen LogP contribution is -2.30. The van der Waals surface area contributed by atoms with Crippen molar-refractivity contribution in [3.05, 3.63) is 53.1 Å². The van der Waals surface area contributed by atoms with Crippen LogP contribution in [0.5, 0.6) is 11.5 Å². The molecule has 25 heavy (non-hydrogen) atoms. The number of carbonyl (C=O) groups is 1. The Morgan fingerprint density at radius 1 is 1.16 bits per heavy atom. The highest BCUT2D eigenvalue weighted by atomic mass is 16.7. The highest BCUT2D eigenvalue weighted by Gasteiger charge is 2.23. The number of nitrogens with zero attached hydrogens (tertiary/aromatic N) is 2. The number of carbonyl (C=O) groups excluding carboxylic acids is 1. The van der Waals surface area contributed by atoms with Crippen LogP contribution in [0.25, 0.3) is 0 Å². The molecule has 5 nitrogen and oxygen atoms in total. The molecule has 2 aliphatic rings. The summed E-state index contributed by atoms with van der Waals surface area (Å²) in [5, 5.41) is 0. The molecule has 4 rings (SSSR count). The molecule has 0 amide bonds. The predicted molar refractivity (Wildman–Crippen MR) is 93.9 cm³/mol. The summed E-state index contributed by atoms with van der Waals surface area (Å²) >= 11 is 0. The predicted octanol–water partition coefficient (Wildman–Crippen LogP) is 3.45. The molecule has 1 saturated carbocycles. The van der Waals surface area contributed by atoms with Crippen molar-refractivity contribution in [1.29, 1.82) is 0 Å². The van der Waals surface area contributed by atoms with Gasteiger partial charge in [-0.05, 0) is 49.6 Å². The molecule has 2 aromatic rings. The van der Waals surface area contributed by atoms with Gasteiger partial charge in [0, 0.05) is 6.20 Å². The van der Waals surface area contributed by atoms with Gasteiger partial charge in [-0.2, -0.15) is 0 Å². The molecule has 0 bridgehead atoms.